The highest BCUT2D eigenvalue weighted by atomic mass is 35.5. The maximum absolute atomic E-state index is 12.1. The number of pyridine rings is 1. The van der Waals surface area contributed by atoms with Gasteiger partial charge in [-0.05, 0) is 30.7 Å². The molecule has 1 heterocycles. The Balaban J connectivity index is 2.18. The number of carbonyl (C=O) groups excluding carboxylic acids is 1. The molecule has 2 aromatic carbocycles. The van der Waals surface area contributed by atoms with Crippen LogP contribution in [0, 0.1) is 6.92 Å². The quantitative estimate of drug-likeness (QED) is 0.724. The zero-order valence-electron chi connectivity index (χ0n) is 14.1. The number of amides is 1. The highest BCUT2D eigenvalue weighted by molar-refractivity contribution is 6.35. The van der Waals surface area contributed by atoms with Crippen molar-refractivity contribution in [3.8, 4) is 5.75 Å². The van der Waals surface area contributed by atoms with E-state index < -0.39 is 6.04 Å². The number of carbonyl (C=O) groups is 1. The Kier molecular flexibility index (Phi) is 4.91. The minimum absolute atomic E-state index is 0.0296. The monoisotopic (exact) mass is 354 g/mol. The maximum Gasteiger partial charge on any atom is 0.220 e. The lowest BCUT2D eigenvalue weighted by Gasteiger charge is -2.22. The Morgan fingerprint density at radius 2 is 2.00 bits per heavy atom. The van der Waals surface area contributed by atoms with E-state index in [1.807, 2.05) is 31.2 Å². The molecule has 0 bridgehead atoms. The van der Waals surface area contributed by atoms with Crippen molar-refractivity contribution in [3.05, 3.63) is 70.4 Å². The molecule has 0 aliphatic carbocycles. The summed E-state index contributed by atoms with van der Waals surface area (Å²) in [5.41, 5.74) is 2.94. The molecule has 3 aromatic rings. The van der Waals surface area contributed by atoms with Gasteiger partial charge in [0.25, 0.3) is 0 Å². The molecule has 0 aliphatic rings. The number of rotatable bonds is 4. The van der Waals surface area contributed by atoms with E-state index >= 15 is 0 Å². The molecule has 1 aromatic heterocycles. The first-order chi connectivity index (χ1) is 12.0. The van der Waals surface area contributed by atoms with Crippen LogP contribution in [0.4, 0.5) is 0 Å². The maximum atomic E-state index is 12.1. The first kappa shape index (κ1) is 17.2. The largest absolute Gasteiger partial charge is 0.505 e. The highest BCUT2D eigenvalue weighted by Gasteiger charge is 2.22. The molecule has 2 N–H and O–H groups in total. The van der Waals surface area contributed by atoms with Gasteiger partial charge in [-0.2, -0.15) is 0 Å². The summed E-state index contributed by atoms with van der Waals surface area (Å²) in [6.45, 7) is 3.79. The molecule has 0 aliphatic heterocycles. The summed E-state index contributed by atoms with van der Waals surface area (Å²) in [6, 6.07) is 12.6. The highest BCUT2D eigenvalue weighted by Crippen LogP contribution is 2.38. The summed E-state index contributed by atoms with van der Waals surface area (Å²) >= 11 is 6.40. The molecule has 128 valence electrons. The van der Waals surface area contributed by atoms with Gasteiger partial charge in [0.1, 0.15) is 11.3 Å². The number of fused-ring (bicyclic) bond motifs is 1. The molecule has 5 heteroatoms. The van der Waals surface area contributed by atoms with Gasteiger partial charge in [-0.15, -0.1) is 0 Å². The Hall–Kier alpha value is -2.59. The molecule has 0 fully saturated rings. The van der Waals surface area contributed by atoms with Gasteiger partial charge in [0.15, 0.2) is 0 Å². The molecule has 1 atom stereocenters. The first-order valence-corrected chi connectivity index (χ1v) is 8.51. The summed E-state index contributed by atoms with van der Waals surface area (Å²) < 4.78 is 0. The fourth-order valence-electron chi connectivity index (χ4n) is 2.79. The third-order valence-corrected chi connectivity index (χ3v) is 4.51. The molecule has 3 rings (SSSR count). The average Bonchev–Trinajstić information content (AvgIpc) is 2.63. The molecule has 0 radical (unpaired) electrons. The molecule has 0 saturated carbocycles. The van der Waals surface area contributed by atoms with E-state index in [0.29, 0.717) is 27.9 Å². The number of aryl methyl sites for hydroxylation is 1. The molecule has 4 nitrogen and oxygen atoms in total. The topological polar surface area (TPSA) is 62.2 Å². The van der Waals surface area contributed by atoms with Crippen molar-refractivity contribution in [1.29, 1.82) is 0 Å². The summed E-state index contributed by atoms with van der Waals surface area (Å²) in [7, 11) is 0. The lowest BCUT2D eigenvalue weighted by molar-refractivity contribution is -0.121. The first-order valence-electron chi connectivity index (χ1n) is 8.13. The van der Waals surface area contributed by atoms with Gasteiger partial charge in [0.2, 0.25) is 5.91 Å². The van der Waals surface area contributed by atoms with Gasteiger partial charge in [-0.3, -0.25) is 9.78 Å². The number of benzene rings is 2. The molecule has 0 unspecified atom stereocenters. The number of aromatic hydroxyl groups is 1. The van der Waals surface area contributed by atoms with E-state index in [4.69, 9.17) is 11.6 Å². The lowest BCUT2D eigenvalue weighted by Crippen LogP contribution is -2.28. The van der Waals surface area contributed by atoms with Crippen LogP contribution in [0.15, 0.2) is 48.7 Å². The number of phenols is 1. The van der Waals surface area contributed by atoms with Crippen molar-refractivity contribution < 1.29 is 9.90 Å². The van der Waals surface area contributed by atoms with Crippen LogP contribution >= 0.6 is 11.6 Å². The van der Waals surface area contributed by atoms with Crippen LogP contribution < -0.4 is 5.32 Å². The van der Waals surface area contributed by atoms with E-state index in [0.717, 1.165) is 11.1 Å². The molecule has 25 heavy (non-hydrogen) atoms. The third kappa shape index (κ3) is 3.44. The van der Waals surface area contributed by atoms with E-state index in [1.165, 1.54) is 0 Å². The van der Waals surface area contributed by atoms with Crippen LogP contribution in [0.25, 0.3) is 10.9 Å². The predicted octanol–water partition coefficient (Wildman–Crippen LogP) is 4.52. The molecular formula is C20H19ClN2O2. The standard InChI is InChI=1S/C20H19ClN2O2/c1-3-17(24)23-18(13-8-6-12(2)7-9-13)15-11-16(21)14-5-4-10-22-19(14)20(15)25/h4-11,18,25H,3H2,1-2H3,(H,23,24)/t18-/m0/s1. The van der Waals surface area contributed by atoms with Crippen LogP contribution in [-0.2, 0) is 4.79 Å². The Labute approximate surface area is 151 Å². The minimum atomic E-state index is -0.503. The van der Waals surface area contributed by atoms with Gasteiger partial charge in [-0.1, -0.05) is 48.4 Å². The minimum Gasteiger partial charge on any atom is -0.505 e. The van der Waals surface area contributed by atoms with Crippen LogP contribution in [-0.4, -0.2) is 16.0 Å². The Morgan fingerprint density at radius 1 is 1.28 bits per heavy atom. The van der Waals surface area contributed by atoms with E-state index in [9.17, 15) is 9.90 Å². The zero-order chi connectivity index (χ0) is 18.0. The van der Waals surface area contributed by atoms with Crippen LogP contribution in [0.2, 0.25) is 5.02 Å². The van der Waals surface area contributed by atoms with Crippen LogP contribution in [0.5, 0.6) is 5.75 Å². The fourth-order valence-corrected chi connectivity index (χ4v) is 3.06. The molecular weight excluding hydrogens is 336 g/mol. The van der Waals surface area contributed by atoms with Gasteiger partial charge in [-0.25, -0.2) is 0 Å². The summed E-state index contributed by atoms with van der Waals surface area (Å²) in [6.07, 6.45) is 1.95. The lowest BCUT2D eigenvalue weighted by atomic mass is 9.95. The van der Waals surface area contributed by atoms with Crippen molar-refractivity contribution in [2.45, 2.75) is 26.3 Å². The van der Waals surface area contributed by atoms with Gasteiger partial charge >= 0.3 is 0 Å². The van der Waals surface area contributed by atoms with Crippen LogP contribution in [0.3, 0.4) is 0 Å². The number of nitrogens with zero attached hydrogens (tertiary/aromatic N) is 1. The second-order valence-electron chi connectivity index (χ2n) is 5.96. The molecule has 1 amide bonds. The van der Waals surface area contributed by atoms with Gasteiger partial charge in [0.05, 0.1) is 11.1 Å². The number of phenolic OH excluding ortho intramolecular Hbond substituents is 1. The fraction of sp³-hybridized carbons (Fsp3) is 0.200. The predicted molar refractivity (Wildman–Crippen MR) is 99.9 cm³/mol. The van der Waals surface area contributed by atoms with Crippen molar-refractivity contribution in [2.75, 3.05) is 0 Å². The number of aromatic nitrogens is 1. The van der Waals surface area contributed by atoms with Crippen molar-refractivity contribution in [1.82, 2.24) is 10.3 Å². The molecule has 0 spiro atoms. The van der Waals surface area contributed by atoms with Crippen molar-refractivity contribution >= 4 is 28.4 Å². The molecule has 0 saturated heterocycles. The summed E-state index contributed by atoms with van der Waals surface area (Å²) in [5, 5.41) is 14.9. The second-order valence-corrected chi connectivity index (χ2v) is 6.37. The zero-order valence-corrected chi connectivity index (χ0v) is 14.8. The SMILES string of the molecule is CCC(=O)N[C@@H](c1ccc(C)cc1)c1cc(Cl)c2cccnc2c1O. The van der Waals surface area contributed by atoms with Crippen molar-refractivity contribution in [3.63, 3.8) is 0 Å². The van der Waals surface area contributed by atoms with Gasteiger partial charge in [0, 0.05) is 23.6 Å². The summed E-state index contributed by atoms with van der Waals surface area (Å²) in [4.78, 5) is 16.3. The average molecular weight is 355 g/mol. The van der Waals surface area contributed by atoms with Gasteiger partial charge < -0.3 is 10.4 Å². The Morgan fingerprint density at radius 3 is 2.68 bits per heavy atom. The second kappa shape index (κ2) is 7.11. The van der Waals surface area contributed by atoms with E-state index in [-0.39, 0.29) is 11.7 Å². The van der Waals surface area contributed by atoms with Crippen molar-refractivity contribution in [2.24, 2.45) is 0 Å². The number of hydrogen-bond acceptors (Lipinski definition) is 3. The summed E-state index contributed by atoms with van der Waals surface area (Å²) in [5.74, 6) is -0.0795. The number of halogens is 1. The van der Waals surface area contributed by atoms with Crippen LogP contribution in [0.1, 0.15) is 36.1 Å². The van der Waals surface area contributed by atoms with E-state index in [2.05, 4.69) is 10.3 Å². The number of nitrogens with one attached hydrogen (secondary N) is 1. The normalized spacial score (nSPS) is 12.1. The Bertz CT molecular complexity index is 923. The number of hydrogen-bond donors (Lipinski definition) is 2. The smallest absolute Gasteiger partial charge is 0.220 e. The third-order valence-electron chi connectivity index (χ3n) is 4.19. The van der Waals surface area contributed by atoms with E-state index in [1.54, 1.807) is 31.3 Å².